The summed E-state index contributed by atoms with van der Waals surface area (Å²) in [5, 5.41) is 0.906. The Morgan fingerprint density at radius 3 is 2.07 bits per heavy atom. The maximum Gasteiger partial charge on any atom is 0.332 e. The standard InChI is InChI=1S/C22H13Br2N3O/c23-15-9-5-13(6-10-15)19-20(14-7-11-16(24)12-8-14)27-21(26-19)17-3-1-2-4-18(17)25-22(27)28/h1-12H,(H,25,28). The molecule has 28 heavy (non-hydrogen) atoms. The van der Waals surface area contributed by atoms with E-state index in [1.165, 1.54) is 0 Å². The molecule has 0 amide bonds. The summed E-state index contributed by atoms with van der Waals surface area (Å²) < 4.78 is 3.64. The molecule has 136 valence electrons. The van der Waals surface area contributed by atoms with Crippen LogP contribution in [0, 0.1) is 0 Å². The summed E-state index contributed by atoms with van der Waals surface area (Å²) in [6.07, 6.45) is 0. The van der Waals surface area contributed by atoms with Crippen LogP contribution in [0.2, 0.25) is 0 Å². The van der Waals surface area contributed by atoms with Crippen molar-refractivity contribution in [2.45, 2.75) is 0 Å². The molecule has 4 nitrogen and oxygen atoms in total. The van der Waals surface area contributed by atoms with Gasteiger partial charge < -0.3 is 4.98 Å². The lowest BCUT2D eigenvalue weighted by Gasteiger charge is -2.06. The molecule has 5 rings (SSSR count). The number of hydrogen-bond acceptors (Lipinski definition) is 2. The van der Waals surface area contributed by atoms with Crippen LogP contribution in [0.4, 0.5) is 0 Å². The van der Waals surface area contributed by atoms with E-state index in [0.717, 1.165) is 42.4 Å². The van der Waals surface area contributed by atoms with Crippen molar-refractivity contribution in [1.29, 1.82) is 0 Å². The Bertz CT molecular complexity index is 1380. The molecule has 0 bridgehead atoms. The summed E-state index contributed by atoms with van der Waals surface area (Å²) in [6, 6.07) is 23.6. The Hall–Kier alpha value is -2.70. The first kappa shape index (κ1) is 17.4. The van der Waals surface area contributed by atoms with Crippen LogP contribution >= 0.6 is 31.9 Å². The maximum atomic E-state index is 13.0. The molecule has 2 heterocycles. The molecule has 0 spiro atoms. The molecule has 0 aliphatic rings. The van der Waals surface area contributed by atoms with Crippen molar-refractivity contribution in [1.82, 2.24) is 14.4 Å². The number of fused-ring (bicyclic) bond motifs is 3. The molecule has 3 aromatic carbocycles. The van der Waals surface area contributed by atoms with Crippen molar-refractivity contribution >= 4 is 48.4 Å². The SMILES string of the molecule is O=c1[nH]c2ccccc2c2nc(-c3ccc(Br)cc3)c(-c3ccc(Br)cc3)n12. The van der Waals surface area contributed by atoms with E-state index < -0.39 is 0 Å². The average Bonchev–Trinajstić information content (AvgIpc) is 3.11. The number of rotatable bonds is 2. The lowest BCUT2D eigenvalue weighted by molar-refractivity contribution is 1.04. The van der Waals surface area contributed by atoms with Crippen molar-refractivity contribution in [2.24, 2.45) is 0 Å². The Labute approximate surface area is 177 Å². The van der Waals surface area contributed by atoms with Gasteiger partial charge in [0.05, 0.1) is 16.9 Å². The van der Waals surface area contributed by atoms with Gasteiger partial charge in [-0.3, -0.25) is 0 Å². The molecule has 1 N–H and O–H groups in total. The zero-order chi connectivity index (χ0) is 19.3. The number of imidazole rings is 1. The molecule has 2 aromatic heterocycles. The molecule has 0 fully saturated rings. The lowest BCUT2D eigenvalue weighted by Crippen LogP contribution is -2.17. The molecule has 0 saturated heterocycles. The quantitative estimate of drug-likeness (QED) is 0.325. The van der Waals surface area contributed by atoms with E-state index >= 15 is 0 Å². The number of hydrogen-bond donors (Lipinski definition) is 1. The number of halogens is 2. The van der Waals surface area contributed by atoms with E-state index in [1.54, 1.807) is 4.40 Å². The molecule has 0 aliphatic heterocycles. The first-order chi connectivity index (χ1) is 13.6. The molecule has 0 unspecified atom stereocenters. The molecule has 0 aliphatic carbocycles. The highest BCUT2D eigenvalue weighted by molar-refractivity contribution is 9.10. The van der Waals surface area contributed by atoms with Gasteiger partial charge in [-0.15, -0.1) is 0 Å². The highest BCUT2D eigenvalue weighted by atomic mass is 79.9. The lowest BCUT2D eigenvalue weighted by atomic mass is 10.1. The smallest absolute Gasteiger partial charge is 0.306 e. The molecular weight excluding hydrogens is 482 g/mol. The average molecular weight is 495 g/mol. The van der Waals surface area contributed by atoms with Gasteiger partial charge in [-0.05, 0) is 36.4 Å². The minimum Gasteiger partial charge on any atom is -0.306 e. The van der Waals surface area contributed by atoms with Gasteiger partial charge in [-0.2, -0.15) is 0 Å². The highest BCUT2D eigenvalue weighted by Crippen LogP contribution is 2.34. The van der Waals surface area contributed by atoms with E-state index in [1.807, 2.05) is 72.8 Å². The summed E-state index contributed by atoms with van der Waals surface area (Å²) in [5.41, 5.74) is 4.64. The minimum atomic E-state index is -0.206. The fourth-order valence-electron chi connectivity index (χ4n) is 3.44. The predicted octanol–water partition coefficient (Wildman–Crippen LogP) is 6.03. The third kappa shape index (κ3) is 2.80. The third-order valence-corrected chi connectivity index (χ3v) is 5.78. The first-order valence-corrected chi connectivity index (χ1v) is 10.3. The van der Waals surface area contributed by atoms with Gasteiger partial charge in [0.1, 0.15) is 0 Å². The first-order valence-electron chi connectivity index (χ1n) is 8.67. The van der Waals surface area contributed by atoms with E-state index in [-0.39, 0.29) is 5.69 Å². The van der Waals surface area contributed by atoms with Gasteiger partial charge in [0.25, 0.3) is 0 Å². The van der Waals surface area contributed by atoms with Crippen LogP contribution in [0.5, 0.6) is 0 Å². The van der Waals surface area contributed by atoms with Crippen molar-refractivity contribution in [3.63, 3.8) is 0 Å². The summed E-state index contributed by atoms with van der Waals surface area (Å²) in [5.74, 6) is 0. The molecule has 0 atom stereocenters. The number of nitrogens with zero attached hydrogens (tertiary/aromatic N) is 2. The van der Waals surface area contributed by atoms with Gasteiger partial charge in [0.2, 0.25) is 0 Å². The topological polar surface area (TPSA) is 50.2 Å². The van der Waals surface area contributed by atoms with Crippen LogP contribution < -0.4 is 5.69 Å². The third-order valence-electron chi connectivity index (χ3n) is 4.73. The van der Waals surface area contributed by atoms with Gasteiger partial charge in [-0.25, -0.2) is 14.2 Å². The predicted molar refractivity (Wildman–Crippen MR) is 120 cm³/mol. The maximum absolute atomic E-state index is 13.0. The second-order valence-corrected chi connectivity index (χ2v) is 8.29. The Morgan fingerprint density at radius 1 is 0.786 bits per heavy atom. The number of aromatic nitrogens is 3. The number of nitrogens with one attached hydrogen (secondary N) is 1. The highest BCUT2D eigenvalue weighted by Gasteiger charge is 2.19. The van der Waals surface area contributed by atoms with Crippen molar-refractivity contribution in [3.05, 3.63) is 92.2 Å². The largest absolute Gasteiger partial charge is 0.332 e. The zero-order valence-corrected chi connectivity index (χ0v) is 17.7. The van der Waals surface area contributed by atoms with Crippen LogP contribution in [0.25, 0.3) is 39.1 Å². The Kier molecular flexibility index (Phi) is 4.18. The van der Waals surface area contributed by atoms with E-state index in [2.05, 4.69) is 36.8 Å². The van der Waals surface area contributed by atoms with Crippen LogP contribution in [-0.4, -0.2) is 14.4 Å². The van der Waals surface area contributed by atoms with Gasteiger partial charge in [-0.1, -0.05) is 68.3 Å². The summed E-state index contributed by atoms with van der Waals surface area (Å²) >= 11 is 6.96. The number of benzene rings is 3. The summed E-state index contributed by atoms with van der Waals surface area (Å²) in [7, 11) is 0. The normalized spacial score (nSPS) is 11.4. The van der Waals surface area contributed by atoms with Crippen LogP contribution in [-0.2, 0) is 0 Å². The van der Waals surface area contributed by atoms with Crippen molar-refractivity contribution in [3.8, 4) is 22.5 Å². The molecule has 0 saturated carbocycles. The number of H-pyrrole nitrogens is 1. The zero-order valence-electron chi connectivity index (χ0n) is 14.5. The van der Waals surface area contributed by atoms with Crippen LogP contribution in [0.1, 0.15) is 0 Å². The van der Waals surface area contributed by atoms with E-state index in [9.17, 15) is 4.79 Å². The van der Waals surface area contributed by atoms with Crippen molar-refractivity contribution < 1.29 is 0 Å². The van der Waals surface area contributed by atoms with Crippen molar-refractivity contribution in [2.75, 3.05) is 0 Å². The van der Waals surface area contributed by atoms with Crippen LogP contribution in [0.3, 0.4) is 0 Å². The van der Waals surface area contributed by atoms with E-state index in [4.69, 9.17) is 4.98 Å². The van der Waals surface area contributed by atoms with Gasteiger partial charge in [0.15, 0.2) is 5.65 Å². The fourth-order valence-corrected chi connectivity index (χ4v) is 3.97. The second-order valence-electron chi connectivity index (χ2n) is 6.46. The van der Waals surface area contributed by atoms with Crippen LogP contribution in [0.15, 0.2) is 86.5 Å². The second kappa shape index (κ2) is 6.72. The molecule has 6 heteroatoms. The molecule has 5 aromatic rings. The summed E-state index contributed by atoms with van der Waals surface area (Å²) in [4.78, 5) is 20.9. The Balaban J connectivity index is 1.94. The molecule has 0 radical (unpaired) electrons. The molecular formula is C22H13Br2N3O. The fraction of sp³-hybridized carbons (Fsp3) is 0. The van der Waals surface area contributed by atoms with E-state index in [0.29, 0.717) is 5.65 Å². The monoisotopic (exact) mass is 493 g/mol. The number of para-hydroxylation sites is 1. The minimum absolute atomic E-state index is 0.206. The summed E-state index contributed by atoms with van der Waals surface area (Å²) in [6.45, 7) is 0. The van der Waals surface area contributed by atoms with Gasteiger partial charge in [0, 0.05) is 25.5 Å². The number of aromatic amines is 1. The van der Waals surface area contributed by atoms with Gasteiger partial charge >= 0.3 is 5.69 Å². The Morgan fingerprint density at radius 2 is 1.39 bits per heavy atom.